The number of hydrogen-bond acceptors (Lipinski definition) is 5. The molecule has 7 nitrogen and oxygen atoms in total. The highest BCUT2D eigenvalue weighted by molar-refractivity contribution is 6.30. The quantitative estimate of drug-likeness (QED) is 0.219. The summed E-state index contributed by atoms with van der Waals surface area (Å²) in [6, 6.07) is 21.2. The maximum Gasteiger partial charge on any atom is 0.232 e. The summed E-state index contributed by atoms with van der Waals surface area (Å²) in [6.07, 6.45) is -0.0484. The van der Waals surface area contributed by atoms with Gasteiger partial charge in [-0.15, -0.1) is 0 Å². The second kappa shape index (κ2) is 12.3. The maximum atomic E-state index is 15.9. The Labute approximate surface area is 261 Å². The van der Waals surface area contributed by atoms with E-state index in [2.05, 4.69) is 5.32 Å². The summed E-state index contributed by atoms with van der Waals surface area (Å²) in [5.41, 5.74) is 2.06. The Balaban J connectivity index is 1.59. The number of benzene rings is 4. The number of nitrogens with zero attached hydrogens (tertiary/aromatic N) is 1. The zero-order valence-corrected chi connectivity index (χ0v) is 25.9. The van der Waals surface area contributed by atoms with Crippen LogP contribution in [0, 0.1) is 5.82 Å². The molecule has 1 aliphatic heterocycles. The van der Waals surface area contributed by atoms with Crippen molar-refractivity contribution in [3.63, 3.8) is 0 Å². The zero-order valence-electron chi connectivity index (χ0n) is 25.2. The topological polar surface area (TPSA) is 88.1 Å². The number of rotatable bonds is 8. The number of fused-ring (bicyclic) bond motifs is 1. The number of aliphatic hydroxyl groups is 1. The molecule has 0 radical (unpaired) electrons. The third-order valence-corrected chi connectivity index (χ3v) is 7.91. The fourth-order valence-corrected chi connectivity index (χ4v) is 5.74. The molecular weight excluding hydrogens is 583 g/mol. The highest BCUT2D eigenvalue weighted by atomic mass is 35.5. The Bertz CT molecular complexity index is 1700. The lowest BCUT2D eigenvalue weighted by atomic mass is 9.85. The second-order valence-electron chi connectivity index (χ2n) is 11.3. The minimum absolute atomic E-state index is 0.0405. The number of ether oxygens (including phenoxy) is 2. The van der Waals surface area contributed by atoms with Crippen LogP contribution in [0.2, 0.25) is 5.02 Å². The van der Waals surface area contributed by atoms with E-state index in [-0.39, 0.29) is 29.9 Å². The van der Waals surface area contributed by atoms with Crippen LogP contribution in [0.4, 0.5) is 15.8 Å². The summed E-state index contributed by atoms with van der Waals surface area (Å²) in [5.74, 6) is -0.0661. The molecule has 0 saturated carbocycles. The summed E-state index contributed by atoms with van der Waals surface area (Å²) in [6.45, 7) is 6.74. The molecule has 1 unspecified atom stereocenters. The molecule has 9 heteroatoms. The standard InChI is InChI=1S/C35H34ClFN2O5/c1-20(2)44-32-19-28-23(16-31(32)43-5)17-33(41)39(34(28)22-6-10-25(36)11-7-22)27-14-15-29(30(37)18-27)35(4,42)24-8-12-26(13-9-24)38-21(3)40/h6-16,18-20,34,42H,17H2,1-5H3,(H,38,40)/t34-,35?/m0/s1. The molecule has 1 heterocycles. The average Bonchev–Trinajstić information content (AvgIpc) is 2.96. The van der Waals surface area contributed by atoms with Gasteiger partial charge in [0.1, 0.15) is 11.4 Å². The van der Waals surface area contributed by atoms with Gasteiger partial charge in [-0.1, -0.05) is 41.9 Å². The first-order chi connectivity index (χ1) is 20.9. The van der Waals surface area contributed by atoms with Crippen molar-refractivity contribution in [2.45, 2.75) is 51.9 Å². The van der Waals surface area contributed by atoms with Crippen molar-refractivity contribution < 1.29 is 28.6 Å². The van der Waals surface area contributed by atoms with E-state index in [0.717, 1.165) is 16.7 Å². The van der Waals surface area contributed by atoms with Gasteiger partial charge in [-0.2, -0.15) is 0 Å². The summed E-state index contributed by atoms with van der Waals surface area (Å²) in [5, 5.41) is 14.7. The molecule has 0 bridgehead atoms. The molecule has 0 aromatic heterocycles. The van der Waals surface area contributed by atoms with Crippen LogP contribution in [-0.4, -0.2) is 30.1 Å². The van der Waals surface area contributed by atoms with Crippen LogP contribution in [0.1, 0.15) is 61.6 Å². The largest absolute Gasteiger partial charge is 0.493 e. The monoisotopic (exact) mass is 616 g/mol. The van der Waals surface area contributed by atoms with Gasteiger partial charge >= 0.3 is 0 Å². The first-order valence-corrected chi connectivity index (χ1v) is 14.6. The van der Waals surface area contributed by atoms with Gasteiger partial charge in [0, 0.05) is 28.9 Å². The lowest BCUT2D eigenvalue weighted by Crippen LogP contribution is -2.41. The molecule has 5 rings (SSSR count). The number of carbonyl (C=O) groups is 2. The van der Waals surface area contributed by atoms with Crippen molar-refractivity contribution in [1.82, 2.24) is 0 Å². The SMILES string of the molecule is COc1cc2c(cc1OC(C)C)[C@H](c1ccc(Cl)cc1)N(c1ccc(C(C)(O)c3ccc(NC(C)=O)cc3)c(F)c1)C(=O)C2. The molecule has 2 atom stereocenters. The molecule has 1 aliphatic rings. The Morgan fingerprint density at radius 1 is 1.05 bits per heavy atom. The third-order valence-electron chi connectivity index (χ3n) is 7.66. The van der Waals surface area contributed by atoms with E-state index >= 15 is 4.39 Å². The van der Waals surface area contributed by atoms with Crippen molar-refractivity contribution >= 4 is 34.8 Å². The maximum absolute atomic E-state index is 15.9. The van der Waals surface area contributed by atoms with E-state index in [4.69, 9.17) is 21.1 Å². The molecule has 0 fully saturated rings. The predicted octanol–water partition coefficient (Wildman–Crippen LogP) is 7.17. The molecule has 0 spiro atoms. The number of amides is 2. The molecule has 0 aliphatic carbocycles. The molecule has 2 amide bonds. The Morgan fingerprint density at radius 3 is 2.32 bits per heavy atom. The smallest absolute Gasteiger partial charge is 0.232 e. The third kappa shape index (κ3) is 6.14. The van der Waals surface area contributed by atoms with Gasteiger partial charge < -0.3 is 24.8 Å². The number of hydrogen-bond donors (Lipinski definition) is 2. The number of halogens is 2. The second-order valence-corrected chi connectivity index (χ2v) is 11.7. The Kier molecular flexibility index (Phi) is 8.68. The van der Waals surface area contributed by atoms with E-state index in [1.807, 2.05) is 38.1 Å². The van der Waals surface area contributed by atoms with E-state index in [0.29, 0.717) is 33.5 Å². The lowest BCUT2D eigenvalue weighted by Gasteiger charge is -2.38. The molecule has 4 aromatic carbocycles. The van der Waals surface area contributed by atoms with Gasteiger partial charge in [-0.3, -0.25) is 9.59 Å². The minimum atomic E-state index is -1.69. The van der Waals surface area contributed by atoms with Gasteiger partial charge in [0.25, 0.3) is 0 Å². The van der Waals surface area contributed by atoms with E-state index in [1.54, 1.807) is 54.5 Å². The molecular formula is C35H34ClFN2O5. The molecule has 2 N–H and O–H groups in total. The van der Waals surface area contributed by atoms with Crippen LogP contribution in [0.3, 0.4) is 0 Å². The first-order valence-electron chi connectivity index (χ1n) is 14.2. The average molecular weight is 617 g/mol. The van der Waals surface area contributed by atoms with Crippen LogP contribution >= 0.6 is 11.6 Å². The van der Waals surface area contributed by atoms with Crippen LogP contribution in [-0.2, 0) is 21.6 Å². The van der Waals surface area contributed by atoms with Crippen molar-refractivity contribution in [3.05, 3.63) is 118 Å². The van der Waals surface area contributed by atoms with Crippen molar-refractivity contribution in [2.75, 3.05) is 17.3 Å². The summed E-state index contributed by atoms with van der Waals surface area (Å²) in [4.78, 5) is 26.8. The van der Waals surface area contributed by atoms with E-state index < -0.39 is 17.5 Å². The fourth-order valence-electron chi connectivity index (χ4n) is 5.61. The van der Waals surface area contributed by atoms with Crippen molar-refractivity contribution in [1.29, 1.82) is 0 Å². The van der Waals surface area contributed by atoms with E-state index in [9.17, 15) is 14.7 Å². The minimum Gasteiger partial charge on any atom is -0.493 e. The van der Waals surface area contributed by atoms with Crippen LogP contribution in [0.25, 0.3) is 0 Å². The van der Waals surface area contributed by atoms with Gasteiger partial charge in [0.15, 0.2) is 11.5 Å². The number of anilines is 2. The normalized spacial score (nSPS) is 15.9. The number of nitrogens with one attached hydrogen (secondary N) is 1. The first kappa shape index (κ1) is 31.0. The number of methoxy groups -OCH3 is 1. The highest BCUT2D eigenvalue weighted by Crippen LogP contribution is 2.44. The van der Waals surface area contributed by atoms with Crippen LogP contribution in [0.5, 0.6) is 11.5 Å². The predicted molar refractivity (Wildman–Crippen MR) is 169 cm³/mol. The van der Waals surface area contributed by atoms with Crippen LogP contribution in [0.15, 0.2) is 78.9 Å². The molecule has 0 saturated heterocycles. The lowest BCUT2D eigenvalue weighted by molar-refractivity contribution is -0.118. The van der Waals surface area contributed by atoms with Crippen LogP contribution < -0.4 is 19.7 Å². The van der Waals surface area contributed by atoms with E-state index in [1.165, 1.54) is 26.0 Å². The Hall–Kier alpha value is -4.40. The van der Waals surface area contributed by atoms with Crippen molar-refractivity contribution in [2.24, 2.45) is 0 Å². The zero-order chi connectivity index (χ0) is 31.8. The van der Waals surface area contributed by atoms with Gasteiger partial charge in [-0.25, -0.2) is 4.39 Å². The highest BCUT2D eigenvalue weighted by Gasteiger charge is 2.37. The molecule has 4 aromatic rings. The van der Waals surface area contributed by atoms with Crippen molar-refractivity contribution in [3.8, 4) is 11.5 Å². The Morgan fingerprint density at radius 2 is 1.73 bits per heavy atom. The summed E-state index contributed by atoms with van der Waals surface area (Å²) >= 11 is 6.21. The molecule has 44 heavy (non-hydrogen) atoms. The van der Waals surface area contributed by atoms with Gasteiger partial charge in [0.05, 0.1) is 25.7 Å². The number of carbonyl (C=O) groups excluding carboxylic acids is 2. The fraction of sp³-hybridized carbons (Fsp3) is 0.257. The summed E-state index contributed by atoms with van der Waals surface area (Å²) < 4.78 is 27.6. The van der Waals surface area contributed by atoms with Gasteiger partial charge in [0.2, 0.25) is 11.8 Å². The van der Waals surface area contributed by atoms with Gasteiger partial charge in [-0.05, 0) is 91.6 Å². The summed E-state index contributed by atoms with van der Waals surface area (Å²) in [7, 11) is 1.55. The molecule has 228 valence electrons.